The molecule has 3 aromatic heterocycles. The molecule has 140 valence electrons. The van der Waals surface area contributed by atoms with Gasteiger partial charge in [-0.25, -0.2) is 19.6 Å². The predicted octanol–water partition coefficient (Wildman–Crippen LogP) is 2.84. The van der Waals surface area contributed by atoms with Gasteiger partial charge < -0.3 is 9.64 Å². The molecule has 1 aromatic carbocycles. The second kappa shape index (κ2) is 6.92. The maximum Gasteiger partial charge on any atom is 0.158 e. The molecule has 0 bridgehead atoms. The second-order valence-electron chi connectivity index (χ2n) is 6.89. The average molecular weight is 372 g/mol. The Kier molecular flexibility index (Phi) is 4.12. The largest absolute Gasteiger partial charge is 0.497 e. The third kappa shape index (κ3) is 2.94. The van der Waals surface area contributed by atoms with Crippen molar-refractivity contribution >= 4 is 16.9 Å². The molecule has 7 heteroatoms. The molecule has 0 atom stereocenters. The Bertz CT molecular complexity index is 1110. The van der Waals surface area contributed by atoms with E-state index in [1.54, 1.807) is 19.6 Å². The van der Waals surface area contributed by atoms with Crippen molar-refractivity contribution in [2.24, 2.45) is 0 Å². The minimum atomic E-state index is 0.687. The minimum Gasteiger partial charge on any atom is -0.497 e. The molecule has 0 aliphatic carbocycles. The quantitative estimate of drug-likeness (QED) is 0.549. The first kappa shape index (κ1) is 16.7. The summed E-state index contributed by atoms with van der Waals surface area (Å²) in [6.07, 6.45) is 8.26. The fourth-order valence-corrected chi connectivity index (χ4v) is 3.77. The molecule has 0 saturated heterocycles. The molecule has 0 saturated carbocycles. The monoisotopic (exact) mass is 372 g/mol. The Morgan fingerprint density at radius 2 is 1.96 bits per heavy atom. The lowest BCUT2D eigenvalue weighted by Gasteiger charge is -2.29. The zero-order valence-corrected chi connectivity index (χ0v) is 15.6. The summed E-state index contributed by atoms with van der Waals surface area (Å²) in [6, 6.07) is 10.0. The highest BCUT2D eigenvalue weighted by atomic mass is 16.5. The van der Waals surface area contributed by atoms with Gasteiger partial charge in [0.2, 0.25) is 0 Å². The van der Waals surface area contributed by atoms with E-state index >= 15 is 0 Å². The summed E-state index contributed by atoms with van der Waals surface area (Å²) in [4.78, 5) is 15.4. The van der Waals surface area contributed by atoms with E-state index < -0.39 is 0 Å². The van der Waals surface area contributed by atoms with E-state index in [0.29, 0.717) is 6.54 Å². The molecule has 5 rings (SSSR count). The first-order valence-corrected chi connectivity index (χ1v) is 9.28. The fourth-order valence-electron chi connectivity index (χ4n) is 3.77. The standard InChI is InChI=1S/C21H20N6O/c1-28-17-4-2-15(3-5-17)12-27-21-19(11-25-27)18-7-9-26(13-16(18)10-23-21)20-6-8-22-14-24-20/h2-6,8,10-11,14H,7,9,12-13H2,1H3. The van der Waals surface area contributed by atoms with Crippen LogP contribution < -0.4 is 9.64 Å². The normalized spacial score (nSPS) is 13.5. The van der Waals surface area contributed by atoms with Crippen molar-refractivity contribution in [3.05, 3.63) is 71.9 Å². The maximum absolute atomic E-state index is 5.23. The van der Waals surface area contributed by atoms with Crippen LogP contribution in [0.4, 0.5) is 5.82 Å². The van der Waals surface area contributed by atoms with Gasteiger partial charge in [-0.05, 0) is 41.3 Å². The first-order valence-electron chi connectivity index (χ1n) is 9.28. The van der Waals surface area contributed by atoms with E-state index in [4.69, 9.17) is 9.72 Å². The van der Waals surface area contributed by atoms with Crippen LogP contribution in [0.2, 0.25) is 0 Å². The van der Waals surface area contributed by atoms with Crippen LogP contribution in [0.25, 0.3) is 11.0 Å². The third-order valence-electron chi connectivity index (χ3n) is 5.24. The Labute approximate surface area is 162 Å². The topological polar surface area (TPSA) is 69.0 Å². The predicted molar refractivity (Wildman–Crippen MR) is 106 cm³/mol. The van der Waals surface area contributed by atoms with Gasteiger partial charge in [0.25, 0.3) is 0 Å². The van der Waals surface area contributed by atoms with Gasteiger partial charge in [-0.2, -0.15) is 5.10 Å². The third-order valence-corrected chi connectivity index (χ3v) is 5.24. The number of ether oxygens (including phenoxy) is 1. The Hall–Kier alpha value is -3.48. The van der Waals surface area contributed by atoms with Crippen molar-refractivity contribution < 1.29 is 4.74 Å². The molecule has 0 radical (unpaired) electrons. The molecule has 0 unspecified atom stereocenters. The summed E-state index contributed by atoms with van der Waals surface area (Å²) < 4.78 is 7.20. The van der Waals surface area contributed by atoms with Crippen LogP contribution in [0.1, 0.15) is 16.7 Å². The van der Waals surface area contributed by atoms with Gasteiger partial charge in [0.15, 0.2) is 5.65 Å². The molecule has 0 amide bonds. The van der Waals surface area contributed by atoms with E-state index in [9.17, 15) is 0 Å². The summed E-state index contributed by atoms with van der Waals surface area (Å²) in [5.41, 5.74) is 4.68. The van der Waals surface area contributed by atoms with Crippen molar-refractivity contribution in [3.63, 3.8) is 0 Å². The second-order valence-corrected chi connectivity index (χ2v) is 6.89. The van der Waals surface area contributed by atoms with Gasteiger partial charge >= 0.3 is 0 Å². The SMILES string of the molecule is COc1ccc(Cn2ncc3c4c(cnc32)CN(c2ccncn2)CC4)cc1. The van der Waals surface area contributed by atoms with E-state index in [1.165, 1.54) is 16.7 Å². The summed E-state index contributed by atoms with van der Waals surface area (Å²) in [7, 11) is 1.68. The van der Waals surface area contributed by atoms with Crippen molar-refractivity contribution in [1.82, 2.24) is 24.7 Å². The van der Waals surface area contributed by atoms with Crippen LogP contribution in [0.5, 0.6) is 5.75 Å². The number of methoxy groups -OCH3 is 1. The lowest BCUT2D eigenvalue weighted by Crippen LogP contribution is -2.31. The van der Waals surface area contributed by atoms with Crippen LogP contribution >= 0.6 is 0 Å². The van der Waals surface area contributed by atoms with Crippen LogP contribution in [0.15, 0.2) is 55.2 Å². The van der Waals surface area contributed by atoms with E-state index in [2.05, 4.69) is 32.1 Å². The summed E-state index contributed by atoms with van der Waals surface area (Å²) in [5.74, 6) is 1.81. The maximum atomic E-state index is 5.23. The van der Waals surface area contributed by atoms with Crippen molar-refractivity contribution in [2.45, 2.75) is 19.5 Å². The summed E-state index contributed by atoms with van der Waals surface area (Å²) >= 11 is 0. The molecule has 4 aromatic rings. The lowest BCUT2D eigenvalue weighted by atomic mass is 9.99. The Morgan fingerprint density at radius 3 is 2.75 bits per heavy atom. The van der Waals surface area contributed by atoms with Crippen LogP contribution in [-0.4, -0.2) is 38.4 Å². The number of nitrogens with zero attached hydrogens (tertiary/aromatic N) is 6. The number of anilines is 1. The van der Waals surface area contributed by atoms with Gasteiger partial charge in [-0.15, -0.1) is 0 Å². The van der Waals surface area contributed by atoms with E-state index in [-0.39, 0.29) is 0 Å². The van der Waals surface area contributed by atoms with Gasteiger partial charge in [0.1, 0.15) is 17.9 Å². The average Bonchev–Trinajstić information content (AvgIpc) is 3.17. The number of aromatic nitrogens is 5. The fraction of sp³-hybridized carbons (Fsp3) is 0.238. The lowest BCUT2D eigenvalue weighted by molar-refractivity contribution is 0.414. The Morgan fingerprint density at radius 1 is 1.07 bits per heavy atom. The van der Waals surface area contributed by atoms with Gasteiger partial charge in [0.05, 0.1) is 19.9 Å². The minimum absolute atomic E-state index is 0.687. The molecule has 0 spiro atoms. The van der Waals surface area contributed by atoms with E-state index in [1.807, 2.05) is 35.3 Å². The highest BCUT2D eigenvalue weighted by Crippen LogP contribution is 2.28. The smallest absolute Gasteiger partial charge is 0.158 e. The molecule has 1 aliphatic heterocycles. The number of pyridine rings is 1. The summed E-state index contributed by atoms with van der Waals surface area (Å²) in [6.45, 7) is 2.41. The van der Waals surface area contributed by atoms with Crippen molar-refractivity contribution in [2.75, 3.05) is 18.6 Å². The molecule has 0 fully saturated rings. The molecule has 4 heterocycles. The van der Waals surface area contributed by atoms with Crippen LogP contribution in [-0.2, 0) is 19.5 Å². The first-order chi connectivity index (χ1) is 13.8. The van der Waals surface area contributed by atoms with Crippen molar-refractivity contribution in [3.8, 4) is 5.75 Å². The number of benzene rings is 1. The van der Waals surface area contributed by atoms with Gasteiger partial charge in [-0.1, -0.05) is 12.1 Å². The number of hydrogen-bond donors (Lipinski definition) is 0. The van der Waals surface area contributed by atoms with Gasteiger partial charge in [0, 0.05) is 30.9 Å². The Balaban J connectivity index is 1.43. The number of fused-ring (bicyclic) bond motifs is 3. The number of hydrogen-bond acceptors (Lipinski definition) is 6. The summed E-state index contributed by atoms with van der Waals surface area (Å²) in [5, 5.41) is 5.75. The van der Waals surface area contributed by atoms with Crippen LogP contribution in [0, 0.1) is 0 Å². The highest BCUT2D eigenvalue weighted by molar-refractivity contribution is 5.80. The molecule has 28 heavy (non-hydrogen) atoms. The van der Waals surface area contributed by atoms with Crippen molar-refractivity contribution in [1.29, 1.82) is 0 Å². The van der Waals surface area contributed by atoms with Crippen LogP contribution in [0.3, 0.4) is 0 Å². The molecule has 7 nitrogen and oxygen atoms in total. The molecular weight excluding hydrogens is 352 g/mol. The molecule has 1 aliphatic rings. The van der Waals surface area contributed by atoms with Gasteiger partial charge in [-0.3, -0.25) is 0 Å². The highest BCUT2D eigenvalue weighted by Gasteiger charge is 2.21. The zero-order valence-electron chi connectivity index (χ0n) is 15.6. The number of rotatable bonds is 4. The zero-order chi connectivity index (χ0) is 18.9. The van der Waals surface area contributed by atoms with E-state index in [0.717, 1.165) is 42.1 Å². The molecule has 0 N–H and O–H groups in total. The molecular formula is C21H20N6O.